The molecule has 0 unspecified atom stereocenters. The van der Waals surface area contributed by atoms with Gasteiger partial charge in [-0.2, -0.15) is 0 Å². The van der Waals surface area contributed by atoms with Gasteiger partial charge in [0.2, 0.25) is 0 Å². The monoisotopic (exact) mass is 269 g/mol. The smallest absolute Gasteiger partial charge is 0.127 e. The summed E-state index contributed by atoms with van der Waals surface area (Å²) in [5.41, 5.74) is 0.586. The molecule has 1 nitrogen and oxygen atoms in total. The maximum atomic E-state index is 13.4. The molecule has 0 aliphatic carbocycles. The van der Waals surface area contributed by atoms with E-state index >= 15 is 0 Å². The van der Waals surface area contributed by atoms with Crippen molar-refractivity contribution in [3.8, 4) is 0 Å². The summed E-state index contributed by atoms with van der Waals surface area (Å²) < 4.78 is 26.5. The molecule has 0 atom stereocenters. The Kier molecular flexibility index (Phi) is 6.43. The van der Waals surface area contributed by atoms with Gasteiger partial charge in [0.25, 0.3) is 0 Å². The van der Waals surface area contributed by atoms with E-state index in [0.717, 1.165) is 19.0 Å². The van der Waals surface area contributed by atoms with Gasteiger partial charge in [0.1, 0.15) is 11.6 Å². The Morgan fingerprint density at radius 3 is 2.58 bits per heavy atom. The van der Waals surface area contributed by atoms with E-state index in [1.807, 2.05) is 0 Å². The van der Waals surface area contributed by atoms with Crippen molar-refractivity contribution < 1.29 is 8.78 Å². The fourth-order valence-corrected chi connectivity index (χ4v) is 2.16. The van der Waals surface area contributed by atoms with Gasteiger partial charge in [-0.25, -0.2) is 8.78 Å². The van der Waals surface area contributed by atoms with Gasteiger partial charge in [0.05, 0.1) is 0 Å². The van der Waals surface area contributed by atoms with Gasteiger partial charge < -0.3 is 5.32 Å². The summed E-state index contributed by atoms with van der Waals surface area (Å²) >= 11 is 0. The van der Waals surface area contributed by atoms with Gasteiger partial charge in [-0.3, -0.25) is 0 Å². The van der Waals surface area contributed by atoms with Gasteiger partial charge in [-0.1, -0.05) is 40.0 Å². The van der Waals surface area contributed by atoms with Crippen LogP contribution in [-0.2, 0) is 6.54 Å². The Morgan fingerprint density at radius 2 is 1.89 bits per heavy atom. The van der Waals surface area contributed by atoms with E-state index in [2.05, 4.69) is 26.1 Å². The summed E-state index contributed by atoms with van der Waals surface area (Å²) in [5.74, 6) is -0.738. The summed E-state index contributed by atoms with van der Waals surface area (Å²) in [6, 6.07) is 3.58. The van der Waals surface area contributed by atoms with Crippen LogP contribution in [0.3, 0.4) is 0 Å². The quantitative estimate of drug-likeness (QED) is 0.677. The second-order valence-electron chi connectivity index (χ2n) is 5.96. The van der Waals surface area contributed by atoms with Crippen LogP contribution in [0, 0.1) is 17.0 Å². The minimum atomic E-state index is -0.389. The Labute approximate surface area is 115 Å². The maximum absolute atomic E-state index is 13.4. The van der Waals surface area contributed by atoms with Crippen LogP contribution >= 0.6 is 0 Å². The first-order valence-electron chi connectivity index (χ1n) is 7.09. The summed E-state index contributed by atoms with van der Waals surface area (Å²) in [6.07, 6.45) is 4.85. The zero-order valence-corrected chi connectivity index (χ0v) is 12.2. The molecule has 0 saturated carbocycles. The molecule has 0 aliphatic heterocycles. The fourth-order valence-electron chi connectivity index (χ4n) is 2.16. The highest BCUT2D eigenvalue weighted by molar-refractivity contribution is 5.18. The van der Waals surface area contributed by atoms with Crippen LogP contribution in [0.4, 0.5) is 8.78 Å². The molecule has 0 saturated heterocycles. The zero-order chi connectivity index (χ0) is 14.3. The van der Waals surface area contributed by atoms with Gasteiger partial charge in [-0.05, 0) is 30.0 Å². The first-order chi connectivity index (χ1) is 8.94. The molecule has 1 N–H and O–H groups in total. The molecule has 0 radical (unpaired) electrons. The van der Waals surface area contributed by atoms with E-state index in [0.29, 0.717) is 12.1 Å². The van der Waals surface area contributed by atoms with Crippen LogP contribution in [-0.4, -0.2) is 6.54 Å². The average Bonchev–Trinajstić information content (AvgIpc) is 2.33. The number of benzene rings is 1. The molecule has 1 rings (SSSR count). The third kappa shape index (κ3) is 6.15. The van der Waals surface area contributed by atoms with Crippen LogP contribution in [0.2, 0.25) is 0 Å². The third-order valence-corrected chi connectivity index (χ3v) is 3.38. The van der Waals surface area contributed by atoms with Gasteiger partial charge in [0, 0.05) is 18.7 Å². The minimum Gasteiger partial charge on any atom is -0.312 e. The topological polar surface area (TPSA) is 12.0 Å². The van der Waals surface area contributed by atoms with Gasteiger partial charge in [-0.15, -0.1) is 0 Å². The van der Waals surface area contributed by atoms with Crippen molar-refractivity contribution >= 4 is 0 Å². The molecular formula is C16H25F2N. The average molecular weight is 269 g/mol. The number of hydrogen-bond acceptors (Lipinski definition) is 1. The summed E-state index contributed by atoms with van der Waals surface area (Å²) in [7, 11) is 0. The lowest BCUT2D eigenvalue weighted by atomic mass is 9.87. The Morgan fingerprint density at radius 1 is 1.16 bits per heavy atom. The van der Waals surface area contributed by atoms with Crippen molar-refractivity contribution in [1.29, 1.82) is 0 Å². The summed E-state index contributed by atoms with van der Waals surface area (Å²) in [4.78, 5) is 0. The Bertz CT molecular complexity index is 388. The van der Waals surface area contributed by atoms with Gasteiger partial charge >= 0.3 is 0 Å². The van der Waals surface area contributed by atoms with Crippen LogP contribution in [0.5, 0.6) is 0 Å². The van der Waals surface area contributed by atoms with Gasteiger partial charge in [0.15, 0.2) is 0 Å². The summed E-state index contributed by atoms with van der Waals surface area (Å²) in [6.45, 7) is 7.79. The molecule has 1 aromatic rings. The minimum absolute atomic E-state index is 0.193. The van der Waals surface area contributed by atoms with Crippen LogP contribution in [0.1, 0.15) is 52.0 Å². The number of nitrogens with one attached hydrogen (secondary N) is 1. The van der Waals surface area contributed by atoms with E-state index in [9.17, 15) is 8.78 Å². The molecule has 0 spiro atoms. The largest absolute Gasteiger partial charge is 0.312 e. The molecule has 3 heteroatoms. The predicted molar refractivity (Wildman–Crippen MR) is 76.0 cm³/mol. The van der Waals surface area contributed by atoms with Crippen molar-refractivity contribution in [1.82, 2.24) is 5.32 Å². The normalized spacial score (nSPS) is 11.8. The van der Waals surface area contributed by atoms with Crippen molar-refractivity contribution in [3.05, 3.63) is 35.4 Å². The zero-order valence-electron chi connectivity index (χ0n) is 12.2. The molecular weight excluding hydrogens is 244 g/mol. The van der Waals surface area contributed by atoms with Crippen molar-refractivity contribution in [3.63, 3.8) is 0 Å². The standard InChI is InChI=1S/C16H25F2N/c1-4-5-6-9-16(2,3)12-19-11-13-10-14(17)7-8-15(13)18/h7-8,10,19H,4-6,9,11-12H2,1-3H3. The molecule has 1 aromatic carbocycles. The lowest BCUT2D eigenvalue weighted by Crippen LogP contribution is -2.29. The molecule has 108 valence electrons. The molecule has 0 aliphatic rings. The van der Waals surface area contributed by atoms with Crippen molar-refractivity contribution in [2.75, 3.05) is 6.54 Å². The number of rotatable bonds is 8. The molecule has 0 aromatic heterocycles. The number of halogens is 2. The third-order valence-electron chi connectivity index (χ3n) is 3.38. The first kappa shape index (κ1) is 16.1. The van der Waals surface area contributed by atoms with E-state index in [-0.39, 0.29) is 17.0 Å². The van der Waals surface area contributed by atoms with E-state index in [1.165, 1.54) is 31.4 Å². The van der Waals surface area contributed by atoms with Crippen molar-refractivity contribution in [2.45, 2.75) is 53.0 Å². The molecule has 0 fully saturated rings. The molecule has 0 amide bonds. The summed E-state index contributed by atoms with van der Waals surface area (Å²) in [5, 5.41) is 3.23. The van der Waals surface area contributed by atoms with Crippen LogP contribution in [0.25, 0.3) is 0 Å². The Hall–Kier alpha value is -0.960. The Balaban J connectivity index is 2.38. The van der Waals surface area contributed by atoms with Crippen molar-refractivity contribution in [2.24, 2.45) is 5.41 Å². The second-order valence-corrected chi connectivity index (χ2v) is 5.96. The predicted octanol–water partition coefficient (Wildman–Crippen LogP) is 4.66. The molecule has 0 heterocycles. The van der Waals surface area contributed by atoms with Crippen LogP contribution in [0.15, 0.2) is 18.2 Å². The highest BCUT2D eigenvalue weighted by atomic mass is 19.1. The van der Waals surface area contributed by atoms with E-state index in [1.54, 1.807) is 0 Å². The fraction of sp³-hybridized carbons (Fsp3) is 0.625. The lowest BCUT2D eigenvalue weighted by Gasteiger charge is -2.25. The first-order valence-corrected chi connectivity index (χ1v) is 7.09. The second kappa shape index (κ2) is 7.59. The van der Waals surface area contributed by atoms with E-state index < -0.39 is 0 Å². The number of unbranched alkanes of at least 4 members (excludes halogenated alkanes) is 2. The highest BCUT2D eigenvalue weighted by Gasteiger charge is 2.16. The number of hydrogen-bond donors (Lipinski definition) is 1. The highest BCUT2D eigenvalue weighted by Crippen LogP contribution is 2.22. The van der Waals surface area contributed by atoms with Crippen LogP contribution < -0.4 is 5.32 Å². The molecule has 0 bridgehead atoms. The SMILES string of the molecule is CCCCCC(C)(C)CNCc1cc(F)ccc1F. The maximum Gasteiger partial charge on any atom is 0.127 e. The van der Waals surface area contributed by atoms with E-state index in [4.69, 9.17) is 0 Å². The molecule has 19 heavy (non-hydrogen) atoms. The lowest BCUT2D eigenvalue weighted by molar-refractivity contribution is 0.301.